The molecule has 18 heavy (non-hydrogen) atoms. The van der Waals surface area contributed by atoms with E-state index in [-0.39, 0.29) is 0 Å². The first-order valence-corrected chi connectivity index (χ1v) is 7.23. The highest BCUT2D eigenvalue weighted by molar-refractivity contribution is 5.19. The third kappa shape index (κ3) is 3.56. The van der Waals surface area contributed by atoms with E-state index in [0.717, 1.165) is 12.8 Å². The van der Waals surface area contributed by atoms with Gasteiger partial charge in [0.2, 0.25) is 0 Å². The summed E-state index contributed by atoms with van der Waals surface area (Å²) in [6.07, 6.45) is 4.77. The van der Waals surface area contributed by atoms with E-state index in [1.165, 1.54) is 18.4 Å². The maximum absolute atomic E-state index is 5.97. The molecule has 0 aromatic heterocycles. The Kier molecular flexibility index (Phi) is 4.79. The van der Waals surface area contributed by atoms with Crippen LogP contribution in [0.5, 0.6) is 0 Å². The third-order valence-corrected chi connectivity index (χ3v) is 4.01. The van der Waals surface area contributed by atoms with Gasteiger partial charge in [0.1, 0.15) is 0 Å². The molecule has 0 aliphatic heterocycles. The molecule has 1 fully saturated rings. The van der Waals surface area contributed by atoms with Gasteiger partial charge in [0.15, 0.2) is 0 Å². The zero-order valence-electron chi connectivity index (χ0n) is 11.6. The fraction of sp³-hybridized carbons (Fsp3) is 0.625. The van der Waals surface area contributed by atoms with Crippen molar-refractivity contribution in [3.63, 3.8) is 0 Å². The lowest BCUT2D eigenvalue weighted by molar-refractivity contribution is 0.286. The number of nitrogens with one attached hydrogen (secondary N) is 1. The number of nitrogens with two attached hydrogens (primary N) is 1. The number of hydrogen-bond acceptors (Lipinski definition) is 2. The molecule has 1 aliphatic rings. The highest BCUT2D eigenvalue weighted by atomic mass is 15.0. The van der Waals surface area contributed by atoms with Crippen LogP contribution in [0.3, 0.4) is 0 Å². The molecule has 1 unspecified atom stereocenters. The van der Waals surface area contributed by atoms with Gasteiger partial charge >= 0.3 is 0 Å². The molecule has 0 amide bonds. The topological polar surface area (TPSA) is 38.0 Å². The first-order chi connectivity index (χ1) is 8.66. The molecule has 1 aromatic rings. The maximum atomic E-state index is 5.97. The summed E-state index contributed by atoms with van der Waals surface area (Å²) in [5, 5.41) is 3.84. The van der Waals surface area contributed by atoms with Crippen molar-refractivity contribution in [1.29, 1.82) is 0 Å². The maximum Gasteiger partial charge on any atom is 0.0345 e. The van der Waals surface area contributed by atoms with E-state index >= 15 is 0 Å². The van der Waals surface area contributed by atoms with Gasteiger partial charge in [0, 0.05) is 18.1 Å². The van der Waals surface area contributed by atoms with E-state index in [0.29, 0.717) is 24.0 Å². The lowest BCUT2D eigenvalue weighted by Crippen LogP contribution is -2.40. The van der Waals surface area contributed by atoms with Crippen LogP contribution in [0.25, 0.3) is 0 Å². The highest BCUT2D eigenvalue weighted by Crippen LogP contribution is 2.25. The predicted octanol–water partition coefficient (Wildman–Crippen LogP) is 3.24. The van der Waals surface area contributed by atoms with Gasteiger partial charge in [-0.1, -0.05) is 44.2 Å². The van der Waals surface area contributed by atoms with Gasteiger partial charge in [0.25, 0.3) is 0 Å². The van der Waals surface area contributed by atoms with Crippen molar-refractivity contribution in [3.05, 3.63) is 35.9 Å². The zero-order valence-corrected chi connectivity index (χ0v) is 11.6. The van der Waals surface area contributed by atoms with Gasteiger partial charge in [-0.3, -0.25) is 0 Å². The molecule has 1 aliphatic carbocycles. The van der Waals surface area contributed by atoms with Crippen LogP contribution in [-0.4, -0.2) is 12.1 Å². The minimum Gasteiger partial charge on any atom is -0.328 e. The molecule has 3 N–H and O–H groups in total. The van der Waals surface area contributed by atoms with E-state index in [2.05, 4.69) is 49.5 Å². The van der Waals surface area contributed by atoms with Crippen molar-refractivity contribution >= 4 is 0 Å². The largest absolute Gasteiger partial charge is 0.328 e. The minimum absolute atomic E-state index is 0.428. The van der Waals surface area contributed by atoms with E-state index < -0.39 is 0 Å². The Morgan fingerprint density at radius 3 is 2.22 bits per heavy atom. The molecule has 2 nitrogen and oxygen atoms in total. The summed E-state index contributed by atoms with van der Waals surface area (Å²) in [5.41, 5.74) is 7.38. The van der Waals surface area contributed by atoms with E-state index in [1.807, 2.05) is 0 Å². The summed E-state index contributed by atoms with van der Waals surface area (Å²) in [5.74, 6) is 0.614. The predicted molar refractivity (Wildman–Crippen MR) is 77.4 cm³/mol. The normalized spacial score (nSPS) is 26.2. The Labute approximate surface area is 111 Å². The second kappa shape index (κ2) is 6.35. The molecule has 1 aromatic carbocycles. The molecular weight excluding hydrogens is 220 g/mol. The smallest absolute Gasteiger partial charge is 0.0345 e. The summed E-state index contributed by atoms with van der Waals surface area (Å²) in [6.45, 7) is 4.58. The second-order valence-corrected chi connectivity index (χ2v) is 5.91. The molecule has 1 saturated carbocycles. The van der Waals surface area contributed by atoms with Gasteiger partial charge < -0.3 is 11.1 Å². The van der Waals surface area contributed by atoms with E-state index in [1.54, 1.807) is 0 Å². The van der Waals surface area contributed by atoms with E-state index in [4.69, 9.17) is 5.73 Å². The Hall–Kier alpha value is -0.860. The van der Waals surface area contributed by atoms with Crippen molar-refractivity contribution in [2.24, 2.45) is 11.7 Å². The molecule has 2 heteroatoms. The molecular formula is C16H26N2. The molecule has 0 heterocycles. The SMILES string of the molecule is CC(C)C(NC1CCC(N)CC1)c1ccccc1. The average molecular weight is 246 g/mol. The average Bonchev–Trinajstić information content (AvgIpc) is 2.38. The van der Waals surface area contributed by atoms with Gasteiger partial charge in [0.05, 0.1) is 0 Å². The van der Waals surface area contributed by atoms with Crippen LogP contribution in [0.4, 0.5) is 0 Å². The first-order valence-electron chi connectivity index (χ1n) is 7.23. The Bertz CT molecular complexity index is 339. The van der Waals surface area contributed by atoms with Crippen LogP contribution >= 0.6 is 0 Å². The summed E-state index contributed by atoms with van der Waals surface area (Å²) in [4.78, 5) is 0. The quantitative estimate of drug-likeness (QED) is 0.856. The number of rotatable bonds is 4. The van der Waals surface area contributed by atoms with Gasteiger partial charge in [-0.05, 0) is 37.2 Å². The van der Waals surface area contributed by atoms with Crippen molar-refractivity contribution in [2.45, 2.75) is 57.7 Å². The minimum atomic E-state index is 0.428. The van der Waals surface area contributed by atoms with Crippen molar-refractivity contribution in [1.82, 2.24) is 5.32 Å². The fourth-order valence-corrected chi connectivity index (χ4v) is 2.87. The van der Waals surface area contributed by atoms with Crippen LogP contribution in [-0.2, 0) is 0 Å². The first kappa shape index (κ1) is 13.6. The van der Waals surface area contributed by atoms with Crippen LogP contribution < -0.4 is 11.1 Å². The highest BCUT2D eigenvalue weighted by Gasteiger charge is 2.23. The Morgan fingerprint density at radius 1 is 1.06 bits per heavy atom. The lowest BCUT2D eigenvalue weighted by atomic mass is 9.89. The van der Waals surface area contributed by atoms with Gasteiger partial charge in [-0.2, -0.15) is 0 Å². The summed E-state index contributed by atoms with van der Waals surface area (Å²) in [7, 11) is 0. The van der Waals surface area contributed by atoms with Crippen LogP contribution in [0.2, 0.25) is 0 Å². The fourth-order valence-electron chi connectivity index (χ4n) is 2.87. The standard InChI is InChI=1S/C16H26N2/c1-12(2)16(13-6-4-3-5-7-13)18-15-10-8-14(17)9-11-15/h3-7,12,14-16,18H,8-11,17H2,1-2H3. The molecule has 100 valence electrons. The second-order valence-electron chi connectivity index (χ2n) is 5.91. The van der Waals surface area contributed by atoms with Crippen LogP contribution in [0.1, 0.15) is 51.1 Å². The lowest BCUT2D eigenvalue weighted by Gasteiger charge is -2.33. The molecule has 0 bridgehead atoms. The van der Waals surface area contributed by atoms with Crippen molar-refractivity contribution < 1.29 is 0 Å². The number of benzene rings is 1. The van der Waals surface area contributed by atoms with Crippen LogP contribution in [0.15, 0.2) is 30.3 Å². The third-order valence-electron chi connectivity index (χ3n) is 4.01. The summed E-state index contributed by atoms with van der Waals surface area (Å²) < 4.78 is 0. The molecule has 0 radical (unpaired) electrons. The summed E-state index contributed by atoms with van der Waals surface area (Å²) in [6, 6.07) is 12.3. The monoisotopic (exact) mass is 246 g/mol. The van der Waals surface area contributed by atoms with Crippen molar-refractivity contribution in [3.8, 4) is 0 Å². The molecule has 1 atom stereocenters. The van der Waals surface area contributed by atoms with Crippen molar-refractivity contribution in [2.75, 3.05) is 0 Å². The van der Waals surface area contributed by atoms with Gasteiger partial charge in [-0.25, -0.2) is 0 Å². The number of hydrogen-bond donors (Lipinski definition) is 2. The Morgan fingerprint density at radius 2 is 1.67 bits per heavy atom. The zero-order chi connectivity index (χ0) is 13.0. The van der Waals surface area contributed by atoms with Crippen LogP contribution in [0, 0.1) is 5.92 Å². The Balaban J connectivity index is 1.99. The van der Waals surface area contributed by atoms with E-state index in [9.17, 15) is 0 Å². The summed E-state index contributed by atoms with van der Waals surface area (Å²) >= 11 is 0. The molecule has 0 spiro atoms. The van der Waals surface area contributed by atoms with Gasteiger partial charge in [-0.15, -0.1) is 0 Å². The molecule has 2 rings (SSSR count). The molecule has 0 saturated heterocycles.